The third kappa shape index (κ3) is 1.94. The van der Waals surface area contributed by atoms with Gasteiger partial charge in [0, 0.05) is 6.20 Å². The highest BCUT2D eigenvalue weighted by molar-refractivity contribution is 5.68. The van der Waals surface area contributed by atoms with Crippen LogP contribution in [0, 0.1) is 0 Å². The molecule has 11 heavy (non-hydrogen) atoms. The van der Waals surface area contributed by atoms with Gasteiger partial charge in [-0.2, -0.15) is 0 Å². The minimum atomic E-state index is -0.459. The fourth-order valence-corrected chi connectivity index (χ4v) is 0.960. The second-order valence-electron chi connectivity index (χ2n) is 2.40. The summed E-state index contributed by atoms with van der Waals surface area (Å²) in [5.41, 5.74) is 0. The third-order valence-corrected chi connectivity index (χ3v) is 1.51. The van der Waals surface area contributed by atoms with Crippen LogP contribution in [0.15, 0.2) is 12.3 Å². The van der Waals surface area contributed by atoms with Gasteiger partial charge in [-0.05, 0) is 6.42 Å². The highest BCUT2D eigenvalue weighted by atomic mass is 16.5. The smallest absolute Gasteiger partial charge is 0.413 e. The van der Waals surface area contributed by atoms with Crippen LogP contribution in [0.4, 0.5) is 4.79 Å². The molecule has 0 radical (unpaired) electrons. The van der Waals surface area contributed by atoms with Gasteiger partial charge >= 0.3 is 6.09 Å². The van der Waals surface area contributed by atoms with Gasteiger partial charge in [-0.3, -0.25) is 4.90 Å². The van der Waals surface area contributed by atoms with E-state index in [0.717, 1.165) is 0 Å². The van der Waals surface area contributed by atoms with Crippen molar-refractivity contribution < 1.29 is 14.6 Å². The molecule has 1 rings (SSSR count). The third-order valence-electron chi connectivity index (χ3n) is 1.51. The van der Waals surface area contributed by atoms with Gasteiger partial charge < -0.3 is 9.84 Å². The van der Waals surface area contributed by atoms with E-state index in [1.54, 1.807) is 12.3 Å². The molecule has 1 heterocycles. The van der Waals surface area contributed by atoms with E-state index in [1.165, 1.54) is 12.0 Å². The second-order valence-corrected chi connectivity index (χ2v) is 2.40. The van der Waals surface area contributed by atoms with E-state index < -0.39 is 12.2 Å². The van der Waals surface area contributed by atoms with Gasteiger partial charge in [0.2, 0.25) is 0 Å². The fourth-order valence-electron chi connectivity index (χ4n) is 0.960. The number of nitrogens with zero attached hydrogens (tertiary/aromatic N) is 1. The standard InChI is InChI=1S/C7H11NO3/c1-11-7(10)8-4-2-3-6(9)5-8/h2,4,6,9H,3,5H2,1H3. The van der Waals surface area contributed by atoms with Crippen molar-refractivity contribution in [3.05, 3.63) is 12.3 Å². The van der Waals surface area contributed by atoms with E-state index in [1.807, 2.05) is 0 Å². The molecule has 1 atom stereocenters. The van der Waals surface area contributed by atoms with Crippen molar-refractivity contribution in [1.29, 1.82) is 0 Å². The van der Waals surface area contributed by atoms with E-state index in [9.17, 15) is 4.79 Å². The molecule has 62 valence electrons. The Morgan fingerprint density at radius 1 is 1.82 bits per heavy atom. The van der Waals surface area contributed by atoms with Crippen molar-refractivity contribution in [2.75, 3.05) is 13.7 Å². The molecule has 0 aromatic rings. The molecule has 4 nitrogen and oxygen atoms in total. The van der Waals surface area contributed by atoms with Crippen molar-refractivity contribution >= 4 is 6.09 Å². The average Bonchev–Trinajstić information content (AvgIpc) is 2.03. The highest BCUT2D eigenvalue weighted by Gasteiger charge is 2.17. The van der Waals surface area contributed by atoms with Crippen LogP contribution in [0.3, 0.4) is 0 Å². The largest absolute Gasteiger partial charge is 0.452 e. The molecule has 1 aliphatic rings. The molecule has 1 aliphatic heterocycles. The summed E-state index contributed by atoms with van der Waals surface area (Å²) < 4.78 is 4.46. The first-order valence-corrected chi connectivity index (χ1v) is 3.43. The normalized spacial score (nSPS) is 23.5. The summed E-state index contributed by atoms with van der Waals surface area (Å²) in [5, 5.41) is 9.12. The van der Waals surface area contributed by atoms with Crippen LogP contribution in [0.1, 0.15) is 6.42 Å². The molecule has 1 unspecified atom stereocenters. The Morgan fingerprint density at radius 3 is 3.09 bits per heavy atom. The molecule has 0 saturated heterocycles. The molecule has 0 aliphatic carbocycles. The van der Waals surface area contributed by atoms with Gasteiger partial charge in [0.05, 0.1) is 19.8 Å². The van der Waals surface area contributed by atoms with Gasteiger partial charge in [0.1, 0.15) is 0 Å². The van der Waals surface area contributed by atoms with E-state index in [4.69, 9.17) is 5.11 Å². The van der Waals surface area contributed by atoms with Crippen molar-refractivity contribution in [3.8, 4) is 0 Å². The molecule has 0 bridgehead atoms. The van der Waals surface area contributed by atoms with E-state index in [0.29, 0.717) is 13.0 Å². The minimum Gasteiger partial charge on any atom is -0.452 e. The first-order chi connectivity index (χ1) is 5.24. The van der Waals surface area contributed by atoms with Crippen molar-refractivity contribution in [2.24, 2.45) is 0 Å². The summed E-state index contributed by atoms with van der Waals surface area (Å²) in [7, 11) is 1.32. The van der Waals surface area contributed by atoms with Crippen molar-refractivity contribution in [1.82, 2.24) is 4.90 Å². The predicted molar refractivity (Wildman–Crippen MR) is 38.9 cm³/mol. The van der Waals surface area contributed by atoms with Crippen LogP contribution < -0.4 is 0 Å². The summed E-state index contributed by atoms with van der Waals surface area (Å²) in [5.74, 6) is 0. The lowest BCUT2D eigenvalue weighted by Crippen LogP contribution is -2.35. The summed E-state index contributed by atoms with van der Waals surface area (Å²) in [6.07, 6.45) is 3.08. The molecule has 4 heteroatoms. The summed E-state index contributed by atoms with van der Waals surface area (Å²) in [6, 6.07) is 0. The van der Waals surface area contributed by atoms with Gasteiger partial charge in [-0.15, -0.1) is 0 Å². The fraction of sp³-hybridized carbons (Fsp3) is 0.571. The molecular formula is C7H11NO3. The maximum Gasteiger partial charge on any atom is 0.413 e. The number of amides is 1. The molecule has 1 N–H and O–H groups in total. The Hall–Kier alpha value is -1.03. The monoisotopic (exact) mass is 157 g/mol. The summed E-state index contributed by atoms with van der Waals surface area (Å²) >= 11 is 0. The second kappa shape index (κ2) is 3.39. The Balaban J connectivity index is 2.52. The number of hydrogen-bond acceptors (Lipinski definition) is 3. The van der Waals surface area contributed by atoms with Crippen LogP contribution in [0.5, 0.6) is 0 Å². The number of aliphatic hydroxyl groups excluding tert-OH is 1. The van der Waals surface area contributed by atoms with Crippen LogP contribution in [-0.2, 0) is 4.74 Å². The van der Waals surface area contributed by atoms with Gasteiger partial charge in [-0.1, -0.05) is 6.08 Å². The molecular weight excluding hydrogens is 146 g/mol. The van der Waals surface area contributed by atoms with Gasteiger partial charge in [0.25, 0.3) is 0 Å². The number of hydrogen-bond donors (Lipinski definition) is 1. The zero-order valence-electron chi connectivity index (χ0n) is 6.36. The first kappa shape index (κ1) is 8.07. The average molecular weight is 157 g/mol. The lowest BCUT2D eigenvalue weighted by atomic mass is 10.2. The maximum absolute atomic E-state index is 10.9. The lowest BCUT2D eigenvalue weighted by molar-refractivity contribution is 0.0986. The molecule has 0 spiro atoms. The molecule has 0 aromatic heterocycles. The summed E-state index contributed by atoms with van der Waals surface area (Å²) in [6.45, 7) is 0.323. The Morgan fingerprint density at radius 2 is 2.55 bits per heavy atom. The molecule has 0 saturated carbocycles. The SMILES string of the molecule is COC(=O)N1C=CCC(O)C1. The molecule has 1 amide bonds. The Kier molecular flexibility index (Phi) is 2.48. The van der Waals surface area contributed by atoms with Crippen molar-refractivity contribution in [2.45, 2.75) is 12.5 Å². The highest BCUT2D eigenvalue weighted by Crippen LogP contribution is 2.07. The van der Waals surface area contributed by atoms with Crippen LogP contribution in [0.25, 0.3) is 0 Å². The Labute approximate surface area is 65.1 Å². The van der Waals surface area contributed by atoms with Gasteiger partial charge in [0.15, 0.2) is 0 Å². The Bertz CT molecular complexity index is 179. The number of carbonyl (C=O) groups is 1. The quantitative estimate of drug-likeness (QED) is 0.551. The lowest BCUT2D eigenvalue weighted by Gasteiger charge is -2.23. The minimum absolute atomic E-state index is 0.323. The molecule has 0 aromatic carbocycles. The van der Waals surface area contributed by atoms with Crippen LogP contribution in [0.2, 0.25) is 0 Å². The topological polar surface area (TPSA) is 49.8 Å². The predicted octanol–water partition coefficient (Wildman–Crippen LogP) is 0.333. The van der Waals surface area contributed by atoms with Crippen LogP contribution in [-0.4, -0.2) is 35.9 Å². The van der Waals surface area contributed by atoms with Crippen molar-refractivity contribution in [3.63, 3.8) is 0 Å². The number of β-amino-alcohol motifs (C(OH)–C–C–N with tert-alkyl or cyclic N) is 1. The van der Waals surface area contributed by atoms with E-state index in [2.05, 4.69) is 4.74 Å². The number of methoxy groups -OCH3 is 1. The maximum atomic E-state index is 10.9. The number of rotatable bonds is 0. The van der Waals surface area contributed by atoms with Gasteiger partial charge in [-0.25, -0.2) is 4.79 Å². The number of ether oxygens (including phenoxy) is 1. The summed E-state index contributed by atoms with van der Waals surface area (Å²) in [4.78, 5) is 12.2. The van der Waals surface area contributed by atoms with Crippen LogP contribution >= 0.6 is 0 Å². The zero-order chi connectivity index (χ0) is 8.27. The molecule has 0 fully saturated rings. The number of aliphatic hydroxyl groups is 1. The van der Waals surface area contributed by atoms with E-state index in [-0.39, 0.29) is 0 Å². The number of carbonyl (C=O) groups excluding carboxylic acids is 1. The first-order valence-electron chi connectivity index (χ1n) is 3.43. The zero-order valence-corrected chi connectivity index (χ0v) is 6.36. The van der Waals surface area contributed by atoms with E-state index >= 15 is 0 Å².